The number of rotatable bonds is 3. The fraction of sp³-hybridized carbons (Fsp3) is 0.917. The van der Waals surface area contributed by atoms with Gasteiger partial charge in [0.25, 0.3) is 0 Å². The van der Waals surface area contributed by atoms with E-state index in [1.165, 1.54) is 0 Å². The van der Waals surface area contributed by atoms with E-state index >= 15 is 0 Å². The second-order valence-electron chi connectivity index (χ2n) is 5.43. The molecule has 0 bridgehead atoms. The van der Waals surface area contributed by atoms with Crippen LogP contribution in [-0.4, -0.2) is 37.9 Å². The predicted molar refractivity (Wildman–Crippen MR) is 69.8 cm³/mol. The second kappa shape index (κ2) is 5.57. The van der Waals surface area contributed by atoms with Crippen LogP contribution in [0.15, 0.2) is 0 Å². The molecule has 0 aromatic carbocycles. The van der Waals surface area contributed by atoms with E-state index in [9.17, 15) is 13.2 Å². The first-order valence-electron chi connectivity index (χ1n) is 6.75. The van der Waals surface area contributed by atoms with Crippen molar-refractivity contribution in [1.82, 2.24) is 5.32 Å². The molecule has 1 aliphatic heterocycles. The molecule has 5 nitrogen and oxygen atoms in total. The zero-order valence-corrected chi connectivity index (χ0v) is 11.4. The van der Waals surface area contributed by atoms with Gasteiger partial charge in [-0.3, -0.25) is 4.79 Å². The van der Waals surface area contributed by atoms with Crippen LogP contribution < -0.4 is 11.1 Å². The lowest BCUT2D eigenvalue weighted by Crippen LogP contribution is -2.45. The van der Waals surface area contributed by atoms with E-state index in [2.05, 4.69) is 5.32 Å². The Bertz CT molecular complexity index is 408. The van der Waals surface area contributed by atoms with E-state index in [-0.39, 0.29) is 35.4 Å². The summed E-state index contributed by atoms with van der Waals surface area (Å²) in [6.07, 6.45) is 5.21. The van der Waals surface area contributed by atoms with Crippen LogP contribution in [0.2, 0.25) is 0 Å². The van der Waals surface area contributed by atoms with E-state index in [1.54, 1.807) is 0 Å². The van der Waals surface area contributed by atoms with Crippen molar-refractivity contribution in [3.05, 3.63) is 0 Å². The molecular weight excluding hydrogens is 252 g/mol. The highest BCUT2D eigenvalue weighted by atomic mass is 32.2. The summed E-state index contributed by atoms with van der Waals surface area (Å²) < 4.78 is 23.3. The van der Waals surface area contributed by atoms with Gasteiger partial charge < -0.3 is 11.1 Å². The Labute approximate surface area is 108 Å². The molecule has 6 heteroatoms. The molecule has 3 N–H and O–H groups in total. The molecular formula is C12H22N2O3S. The Kier molecular flexibility index (Phi) is 4.27. The number of nitrogens with one attached hydrogen (secondary N) is 1. The molecule has 1 amide bonds. The van der Waals surface area contributed by atoms with Crippen LogP contribution in [-0.2, 0) is 14.6 Å². The number of sulfone groups is 1. The van der Waals surface area contributed by atoms with Gasteiger partial charge in [0.15, 0.2) is 9.84 Å². The van der Waals surface area contributed by atoms with Crippen LogP contribution in [0.1, 0.15) is 38.5 Å². The summed E-state index contributed by atoms with van der Waals surface area (Å²) in [5.74, 6) is 0.0587. The Morgan fingerprint density at radius 2 is 1.89 bits per heavy atom. The third-order valence-corrected chi connectivity index (χ3v) is 6.40. The zero-order valence-electron chi connectivity index (χ0n) is 10.6. The molecule has 0 aromatic heterocycles. The monoisotopic (exact) mass is 274 g/mol. The Hall–Kier alpha value is -0.620. The normalized spacial score (nSPS) is 35.3. The average molecular weight is 274 g/mol. The molecule has 1 saturated carbocycles. The molecule has 1 saturated heterocycles. The van der Waals surface area contributed by atoms with Gasteiger partial charge in [0.05, 0.1) is 16.9 Å². The third kappa shape index (κ3) is 3.03. The van der Waals surface area contributed by atoms with E-state index in [4.69, 9.17) is 5.73 Å². The van der Waals surface area contributed by atoms with Gasteiger partial charge >= 0.3 is 0 Å². The minimum absolute atomic E-state index is 0.0655. The molecule has 0 aromatic rings. The van der Waals surface area contributed by atoms with E-state index < -0.39 is 9.84 Å². The van der Waals surface area contributed by atoms with Crippen LogP contribution >= 0.6 is 0 Å². The molecule has 18 heavy (non-hydrogen) atoms. The van der Waals surface area contributed by atoms with Crippen molar-refractivity contribution < 1.29 is 13.2 Å². The molecule has 1 heterocycles. The number of carbonyl (C=O) groups excluding carboxylic acids is 1. The van der Waals surface area contributed by atoms with Gasteiger partial charge in [-0.1, -0.05) is 12.8 Å². The molecule has 104 valence electrons. The molecule has 2 aliphatic rings. The number of amides is 1. The Morgan fingerprint density at radius 1 is 1.17 bits per heavy atom. The van der Waals surface area contributed by atoms with Crippen molar-refractivity contribution >= 4 is 15.7 Å². The summed E-state index contributed by atoms with van der Waals surface area (Å²) >= 11 is 0. The quantitative estimate of drug-likeness (QED) is 0.769. The van der Waals surface area contributed by atoms with E-state index in [1.807, 2.05) is 0 Å². The lowest BCUT2D eigenvalue weighted by molar-refractivity contribution is -0.126. The number of nitrogens with two attached hydrogens (primary N) is 1. The van der Waals surface area contributed by atoms with E-state index in [0.29, 0.717) is 12.8 Å². The highest BCUT2D eigenvalue weighted by Crippen LogP contribution is 2.23. The zero-order chi connectivity index (χ0) is 13.2. The van der Waals surface area contributed by atoms with Gasteiger partial charge in [0.2, 0.25) is 5.91 Å². The van der Waals surface area contributed by atoms with Gasteiger partial charge in [-0.15, -0.1) is 0 Å². The predicted octanol–water partition coefficient (Wildman–Crippen LogP) is 0.197. The SMILES string of the molecule is NC1CCCCC1C(=O)NCC1CCCS1(=O)=O. The largest absolute Gasteiger partial charge is 0.355 e. The van der Waals surface area contributed by atoms with Crippen LogP contribution in [0.4, 0.5) is 0 Å². The fourth-order valence-electron chi connectivity index (χ4n) is 2.92. The summed E-state index contributed by atoms with van der Waals surface area (Å²) in [5.41, 5.74) is 5.94. The smallest absolute Gasteiger partial charge is 0.224 e. The van der Waals surface area contributed by atoms with Gasteiger partial charge in [0.1, 0.15) is 0 Å². The molecule has 2 fully saturated rings. The van der Waals surface area contributed by atoms with Gasteiger partial charge in [-0.05, 0) is 25.7 Å². The molecule has 3 atom stereocenters. The molecule has 0 spiro atoms. The maximum absolute atomic E-state index is 12.0. The highest BCUT2D eigenvalue weighted by Gasteiger charge is 2.33. The summed E-state index contributed by atoms with van der Waals surface area (Å²) in [7, 11) is -2.97. The highest BCUT2D eigenvalue weighted by molar-refractivity contribution is 7.92. The van der Waals surface area contributed by atoms with Crippen molar-refractivity contribution in [2.24, 2.45) is 11.7 Å². The van der Waals surface area contributed by atoms with Crippen LogP contribution in [0.5, 0.6) is 0 Å². The first kappa shape index (κ1) is 13.8. The summed E-state index contributed by atoms with van der Waals surface area (Å²) in [4.78, 5) is 12.0. The fourth-order valence-corrected chi connectivity index (χ4v) is 4.68. The second-order valence-corrected chi connectivity index (χ2v) is 7.83. The van der Waals surface area contributed by atoms with Crippen molar-refractivity contribution in [3.63, 3.8) is 0 Å². The standard InChI is InChI=1S/C12H22N2O3S/c13-11-6-2-1-5-10(11)12(15)14-8-9-4-3-7-18(9,16)17/h9-11H,1-8,13H2,(H,14,15). The lowest BCUT2D eigenvalue weighted by Gasteiger charge is -2.27. The van der Waals surface area contributed by atoms with Crippen molar-refractivity contribution in [2.75, 3.05) is 12.3 Å². The number of carbonyl (C=O) groups is 1. The maximum Gasteiger partial charge on any atom is 0.224 e. The van der Waals surface area contributed by atoms with Crippen LogP contribution in [0, 0.1) is 5.92 Å². The first-order chi connectivity index (χ1) is 8.50. The topological polar surface area (TPSA) is 89.3 Å². The van der Waals surface area contributed by atoms with Gasteiger partial charge in [0, 0.05) is 12.6 Å². The first-order valence-corrected chi connectivity index (χ1v) is 8.47. The number of hydrogen-bond acceptors (Lipinski definition) is 4. The van der Waals surface area contributed by atoms with E-state index in [0.717, 1.165) is 25.7 Å². The molecule has 1 aliphatic carbocycles. The summed E-state index contributed by atoms with van der Waals surface area (Å²) in [6, 6.07) is -0.0704. The summed E-state index contributed by atoms with van der Waals surface area (Å²) in [5, 5.41) is 2.39. The summed E-state index contributed by atoms with van der Waals surface area (Å²) in [6.45, 7) is 0.254. The Balaban J connectivity index is 1.84. The number of hydrogen-bond donors (Lipinski definition) is 2. The maximum atomic E-state index is 12.0. The van der Waals surface area contributed by atoms with Crippen molar-refractivity contribution in [2.45, 2.75) is 49.8 Å². The third-order valence-electron chi connectivity index (χ3n) is 4.12. The van der Waals surface area contributed by atoms with Crippen LogP contribution in [0.3, 0.4) is 0 Å². The molecule has 3 unspecified atom stereocenters. The minimum Gasteiger partial charge on any atom is -0.355 e. The average Bonchev–Trinajstić information content (AvgIpc) is 2.66. The molecule has 0 radical (unpaired) electrons. The molecule has 2 rings (SSSR count). The van der Waals surface area contributed by atoms with Gasteiger partial charge in [-0.2, -0.15) is 0 Å². The minimum atomic E-state index is -2.97. The van der Waals surface area contributed by atoms with Crippen LogP contribution in [0.25, 0.3) is 0 Å². The lowest BCUT2D eigenvalue weighted by atomic mass is 9.84. The van der Waals surface area contributed by atoms with Gasteiger partial charge in [-0.25, -0.2) is 8.42 Å². The van der Waals surface area contributed by atoms with Crippen molar-refractivity contribution in [1.29, 1.82) is 0 Å². The Morgan fingerprint density at radius 3 is 2.50 bits per heavy atom. The van der Waals surface area contributed by atoms with Crippen molar-refractivity contribution in [3.8, 4) is 0 Å².